The van der Waals surface area contributed by atoms with Gasteiger partial charge in [0.05, 0.1) is 17.1 Å². The third-order valence-corrected chi connectivity index (χ3v) is 7.19. The number of anilines is 1. The van der Waals surface area contributed by atoms with Crippen LogP contribution in [0.5, 0.6) is 0 Å². The topological polar surface area (TPSA) is 113 Å². The van der Waals surface area contributed by atoms with Gasteiger partial charge in [0.15, 0.2) is 0 Å². The average molecular weight is 595 g/mol. The first kappa shape index (κ1) is 28.1. The Morgan fingerprint density at radius 1 is 1.13 bits per heavy atom. The molecule has 1 aromatic heterocycles. The number of aromatic nitrogens is 1. The normalized spacial score (nSPS) is 13.1. The Morgan fingerprint density at radius 2 is 1.87 bits per heavy atom. The maximum absolute atomic E-state index is 13.2. The average Bonchev–Trinajstić information content (AvgIpc) is 3.23. The van der Waals surface area contributed by atoms with Crippen molar-refractivity contribution >= 4 is 56.1 Å². The van der Waals surface area contributed by atoms with Crippen LogP contribution < -0.4 is 16.0 Å². The minimum atomic E-state index is -0.323. The number of rotatable bonds is 10. The molecular formula is C29H32BrN5O4. The fraction of sp³-hybridized carbons (Fsp3) is 0.310. The second-order valence-electron chi connectivity index (χ2n) is 9.57. The first-order valence-corrected chi connectivity index (χ1v) is 13.6. The maximum atomic E-state index is 13.2. The molecule has 3 aromatic rings. The molecule has 4 rings (SSSR count). The Hall–Kier alpha value is -3.92. The molecule has 2 heterocycles. The Bertz CT molecular complexity index is 1440. The van der Waals surface area contributed by atoms with Crippen molar-refractivity contribution in [3.8, 4) is 0 Å². The lowest BCUT2D eigenvalue weighted by Crippen LogP contribution is -2.61. The minimum absolute atomic E-state index is 0.0252. The van der Waals surface area contributed by atoms with Gasteiger partial charge in [-0.1, -0.05) is 47.6 Å². The summed E-state index contributed by atoms with van der Waals surface area (Å²) in [5.41, 5.74) is 3.94. The molecule has 10 heteroatoms. The summed E-state index contributed by atoms with van der Waals surface area (Å²) in [7, 11) is 0. The first-order chi connectivity index (χ1) is 18.7. The highest BCUT2D eigenvalue weighted by molar-refractivity contribution is 9.10. The van der Waals surface area contributed by atoms with E-state index in [1.54, 1.807) is 15.7 Å². The number of amides is 4. The van der Waals surface area contributed by atoms with Crippen molar-refractivity contribution in [3.63, 3.8) is 0 Å². The van der Waals surface area contributed by atoms with E-state index in [1.807, 2.05) is 50.2 Å². The number of fused-ring (bicyclic) bond motifs is 1. The van der Waals surface area contributed by atoms with Crippen LogP contribution in [0.2, 0.25) is 0 Å². The molecule has 0 aliphatic carbocycles. The predicted octanol–water partition coefficient (Wildman–Crippen LogP) is 3.55. The van der Waals surface area contributed by atoms with E-state index in [0.717, 1.165) is 33.2 Å². The van der Waals surface area contributed by atoms with Gasteiger partial charge in [-0.15, -0.1) is 0 Å². The van der Waals surface area contributed by atoms with Gasteiger partial charge in [-0.05, 0) is 48.7 Å². The Balaban J connectivity index is 1.40. The van der Waals surface area contributed by atoms with Crippen LogP contribution >= 0.6 is 15.9 Å². The van der Waals surface area contributed by atoms with Crippen LogP contribution in [0.3, 0.4) is 0 Å². The van der Waals surface area contributed by atoms with Crippen molar-refractivity contribution < 1.29 is 19.2 Å². The van der Waals surface area contributed by atoms with Gasteiger partial charge in [-0.3, -0.25) is 19.2 Å². The lowest BCUT2D eigenvalue weighted by Gasteiger charge is -2.38. The van der Waals surface area contributed by atoms with Crippen molar-refractivity contribution in [2.45, 2.75) is 39.3 Å². The molecule has 1 saturated heterocycles. The summed E-state index contributed by atoms with van der Waals surface area (Å²) in [6.45, 7) is 8.51. The highest BCUT2D eigenvalue weighted by Crippen LogP contribution is 2.29. The number of hydrogen-bond donors (Lipinski definition) is 3. The zero-order valence-electron chi connectivity index (χ0n) is 22.1. The smallest absolute Gasteiger partial charge is 0.253 e. The minimum Gasteiger partial charge on any atom is -0.351 e. The molecule has 0 bridgehead atoms. The van der Waals surface area contributed by atoms with Gasteiger partial charge in [0, 0.05) is 47.8 Å². The highest BCUT2D eigenvalue weighted by Gasteiger charge is 2.30. The molecule has 3 N–H and O–H groups in total. The second-order valence-corrected chi connectivity index (χ2v) is 10.5. The van der Waals surface area contributed by atoms with Gasteiger partial charge in [-0.2, -0.15) is 0 Å². The monoisotopic (exact) mass is 593 g/mol. The number of hydrogen-bond acceptors (Lipinski definition) is 4. The third kappa shape index (κ3) is 6.57. The van der Waals surface area contributed by atoms with Crippen molar-refractivity contribution in [1.29, 1.82) is 0 Å². The maximum Gasteiger partial charge on any atom is 0.253 e. The molecule has 2 aromatic carbocycles. The van der Waals surface area contributed by atoms with Crippen LogP contribution in [-0.4, -0.2) is 58.8 Å². The van der Waals surface area contributed by atoms with Gasteiger partial charge in [0.1, 0.15) is 6.54 Å². The Morgan fingerprint density at radius 3 is 2.59 bits per heavy atom. The van der Waals surface area contributed by atoms with Gasteiger partial charge in [-0.25, -0.2) is 0 Å². The van der Waals surface area contributed by atoms with E-state index in [2.05, 4.69) is 38.5 Å². The van der Waals surface area contributed by atoms with Crippen LogP contribution in [-0.2, 0) is 27.3 Å². The molecular weight excluding hydrogens is 562 g/mol. The molecule has 0 saturated carbocycles. The first-order valence-electron chi connectivity index (χ1n) is 12.9. The third-order valence-electron chi connectivity index (χ3n) is 6.73. The molecule has 0 unspecified atom stereocenters. The predicted molar refractivity (Wildman–Crippen MR) is 154 cm³/mol. The number of aryl methyl sites for hydroxylation is 2. The molecule has 1 aliphatic heterocycles. The van der Waals surface area contributed by atoms with E-state index in [1.165, 1.54) is 6.08 Å². The number of halogens is 1. The van der Waals surface area contributed by atoms with E-state index >= 15 is 0 Å². The van der Waals surface area contributed by atoms with Crippen LogP contribution in [0, 0.1) is 6.92 Å². The summed E-state index contributed by atoms with van der Waals surface area (Å²) >= 11 is 3.50. The van der Waals surface area contributed by atoms with Gasteiger partial charge in [0.2, 0.25) is 17.7 Å². The Labute approximate surface area is 235 Å². The summed E-state index contributed by atoms with van der Waals surface area (Å²) in [4.78, 5) is 51.7. The lowest BCUT2D eigenvalue weighted by atomic mass is 10.1. The second kappa shape index (κ2) is 12.3. The highest BCUT2D eigenvalue weighted by atomic mass is 79.9. The zero-order valence-corrected chi connectivity index (χ0v) is 23.6. The fourth-order valence-corrected chi connectivity index (χ4v) is 5.34. The number of benzene rings is 2. The summed E-state index contributed by atoms with van der Waals surface area (Å²) in [6.07, 6.45) is 3.86. The van der Waals surface area contributed by atoms with Crippen molar-refractivity contribution in [3.05, 3.63) is 76.4 Å². The van der Waals surface area contributed by atoms with Crippen LogP contribution in [0.15, 0.2) is 59.7 Å². The summed E-state index contributed by atoms with van der Waals surface area (Å²) in [5.74, 6) is -0.868. The number of nitrogens with one attached hydrogen (secondary N) is 3. The summed E-state index contributed by atoms with van der Waals surface area (Å²) in [5, 5.41) is 9.40. The SMILES string of the molecule is C=CC(=O)N1CC(NC(=O)Cn2cc(C(=O)NCCC(=O)Nc3ccccc3CC)c3cc(Br)cc(C)c32)C1. The zero-order chi connectivity index (χ0) is 28.1. The van der Waals surface area contributed by atoms with E-state index < -0.39 is 0 Å². The number of para-hydroxylation sites is 1. The quantitative estimate of drug-likeness (QED) is 0.312. The van der Waals surface area contributed by atoms with Crippen LogP contribution in [0.25, 0.3) is 10.9 Å². The Kier molecular flexibility index (Phi) is 8.86. The molecule has 204 valence electrons. The summed E-state index contributed by atoms with van der Waals surface area (Å²) in [6, 6.07) is 11.3. The molecule has 0 radical (unpaired) electrons. The molecule has 4 amide bonds. The van der Waals surface area contributed by atoms with E-state index in [0.29, 0.717) is 24.0 Å². The van der Waals surface area contributed by atoms with Gasteiger partial charge < -0.3 is 25.4 Å². The number of carbonyl (C=O) groups is 4. The molecule has 1 aliphatic rings. The van der Waals surface area contributed by atoms with E-state index in [9.17, 15) is 19.2 Å². The van der Waals surface area contributed by atoms with Crippen molar-refractivity contribution in [1.82, 2.24) is 20.1 Å². The molecule has 1 fully saturated rings. The van der Waals surface area contributed by atoms with Crippen LogP contribution in [0.1, 0.15) is 34.8 Å². The largest absolute Gasteiger partial charge is 0.351 e. The number of carbonyl (C=O) groups excluding carboxylic acids is 4. The van der Waals surface area contributed by atoms with E-state index in [-0.39, 0.29) is 49.2 Å². The van der Waals surface area contributed by atoms with Crippen molar-refractivity contribution in [2.75, 3.05) is 25.0 Å². The standard InChI is InChI=1S/C29H32BrN5O4/c1-4-19-8-6-7-9-24(19)33-25(36)10-11-31-29(39)23-16-35(28-18(3)12-20(30)13-22(23)28)17-26(37)32-21-14-34(15-21)27(38)5-2/h5-9,12-13,16,21H,2,4,10-11,14-15,17H2,1,3H3,(H,31,39)(H,32,37)(H,33,36). The fourth-order valence-electron chi connectivity index (χ4n) is 4.77. The number of nitrogens with zero attached hydrogens (tertiary/aromatic N) is 2. The number of likely N-dealkylation sites (tertiary alicyclic amines) is 1. The molecule has 0 spiro atoms. The summed E-state index contributed by atoms with van der Waals surface area (Å²) < 4.78 is 2.58. The molecule has 9 nitrogen and oxygen atoms in total. The van der Waals surface area contributed by atoms with E-state index in [4.69, 9.17) is 0 Å². The van der Waals surface area contributed by atoms with Gasteiger partial charge >= 0.3 is 0 Å². The molecule has 39 heavy (non-hydrogen) atoms. The van der Waals surface area contributed by atoms with Gasteiger partial charge in [0.25, 0.3) is 5.91 Å². The molecule has 0 atom stereocenters. The van der Waals surface area contributed by atoms with Crippen molar-refractivity contribution in [2.24, 2.45) is 0 Å². The lowest BCUT2D eigenvalue weighted by molar-refractivity contribution is -0.133. The van der Waals surface area contributed by atoms with Crippen LogP contribution in [0.4, 0.5) is 5.69 Å².